The van der Waals surface area contributed by atoms with E-state index in [2.05, 4.69) is 4.98 Å². The van der Waals surface area contributed by atoms with E-state index in [1.54, 1.807) is 28.6 Å². The molecule has 0 bridgehead atoms. The fourth-order valence-electron chi connectivity index (χ4n) is 2.46. The van der Waals surface area contributed by atoms with Gasteiger partial charge in [-0.1, -0.05) is 6.92 Å². The summed E-state index contributed by atoms with van der Waals surface area (Å²) in [5.41, 5.74) is 9.46. The number of carboxylic acid groups (broad SMARTS) is 1. The van der Waals surface area contributed by atoms with Crippen LogP contribution in [0.5, 0.6) is 0 Å². The summed E-state index contributed by atoms with van der Waals surface area (Å²) in [5, 5.41) is 9.24. The molecule has 2 aliphatic rings. The van der Waals surface area contributed by atoms with Gasteiger partial charge >= 0.3 is 5.97 Å². The van der Waals surface area contributed by atoms with Gasteiger partial charge in [0.2, 0.25) is 5.91 Å². The molecule has 1 saturated heterocycles. The molecule has 3 rings (SSSR count). The van der Waals surface area contributed by atoms with Crippen LogP contribution in [0, 0.1) is 0 Å². The van der Waals surface area contributed by atoms with Gasteiger partial charge in [-0.05, 0) is 12.0 Å². The third-order valence-corrected chi connectivity index (χ3v) is 7.26. The summed E-state index contributed by atoms with van der Waals surface area (Å²) >= 11 is 4.69. The number of aryl methyl sites for hydroxylation is 1. The number of amides is 1. The Balaban J connectivity index is 1.81. The number of carbonyl (C=O) groups is 2. The molecule has 0 saturated carbocycles. The van der Waals surface area contributed by atoms with Crippen LogP contribution in [0.2, 0.25) is 0 Å². The van der Waals surface area contributed by atoms with Crippen molar-refractivity contribution in [3.8, 4) is 0 Å². The molecule has 1 amide bonds. The minimum absolute atomic E-state index is 0.116. The summed E-state index contributed by atoms with van der Waals surface area (Å²) in [6.07, 6.45) is 0.854. The Labute approximate surface area is 140 Å². The van der Waals surface area contributed by atoms with E-state index in [9.17, 15) is 14.7 Å². The molecule has 0 aromatic carbocycles. The molecule has 9 heteroatoms. The molecular formula is C13H15N3O3S3. The van der Waals surface area contributed by atoms with Gasteiger partial charge in [0.05, 0.1) is 15.4 Å². The summed E-state index contributed by atoms with van der Waals surface area (Å²) in [6.45, 7) is 2.04. The van der Waals surface area contributed by atoms with Crippen LogP contribution in [-0.2, 0) is 16.0 Å². The molecule has 1 fully saturated rings. The molecule has 0 aliphatic carbocycles. The van der Waals surface area contributed by atoms with Crippen molar-refractivity contribution in [2.75, 3.05) is 11.5 Å². The maximum atomic E-state index is 11.9. The van der Waals surface area contributed by atoms with Gasteiger partial charge < -0.3 is 10.8 Å². The minimum atomic E-state index is -1.05. The van der Waals surface area contributed by atoms with Gasteiger partial charge in [-0.3, -0.25) is 9.69 Å². The average Bonchev–Trinajstić information content (AvgIpc) is 2.98. The number of rotatable bonds is 5. The molecule has 118 valence electrons. The van der Waals surface area contributed by atoms with Crippen LogP contribution in [-0.4, -0.2) is 49.8 Å². The van der Waals surface area contributed by atoms with Crippen LogP contribution >= 0.6 is 34.9 Å². The Bertz CT molecular complexity index is 658. The van der Waals surface area contributed by atoms with E-state index < -0.39 is 12.0 Å². The molecule has 3 N–H and O–H groups in total. The van der Waals surface area contributed by atoms with Gasteiger partial charge in [0.1, 0.15) is 17.1 Å². The third kappa shape index (κ3) is 2.55. The fourth-order valence-corrected chi connectivity index (χ4v) is 5.97. The number of aromatic nitrogens is 1. The summed E-state index contributed by atoms with van der Waals surface area (Å²) in [6, 6.07) is -0.582. The summed E-state index contributed by atoms with van der Waals surface area (Å²) in [5.74, 6) is -0.211. The Hall–Kier alpha value is -1.03. The molecule has 0 radical (unpaired) electrons. The van der Waals surface area contributed by atoms with Gasteiger partial charge in [0, 0.05) is 11.5 Å². The number of hydrogen-bond acceptors (Lipinski definition) is 7. The Kier molecular flexibility index (Phi) is 4.49. The maximum Gasteiger partial charge on any atom is 0.352 e. The zero-order chi connectivity index (χ0) is 15.9. The first kappa shape index (κ1) is 15.9. The second-order valence-corrected chi connectivity index (χ2v) is 8.13. The normalized spacial score (nSPS) is 24.3. The lowest BCUT2D eigenvalue weighted by Gasteiger charge is -2.48. The van der Waals surface area contributed by atoms with Crippen molar-refractivity contribution in [2.45, 2.75) is 29.0 Å². The molecule has 22 heavy (non-hydrogen) atoms. The lowest BCUT2D eigenvalue weighted by Crippen LogP contribution is -2.68. The predicted octanol–water partition coefficient (Wildman–Crippen LogP) is 1.38. The number of aliphatic carboxylic acids is 1. The van der Waals surface area contributed by atoms with Crippen molar-refractivity contribution >= 4 is 46.7 Å². The Morgan fingerprint density at radius 2 is 2.41 bits per heavy atom. The maximum absolute atomic E-state index is 11.9. The number of carbonyl (C=O) groups excluding carboxylic acids is 1. The van der Waals surface area contributed by atoms with Gasteiger partial charge in [-0.15, -0.1) is 34.9 Å². The van der Waals surface area contributed by atoms with E-state index in [4.69, 9.17) is 5.73 Å². The van der Waals surface area contributed by atoms with Crippen LogP contribution in [0.3, 0.4) is 0 Å². The van der Waals surface area contributed by atoms with Crippen LogP contribution in [0.1, 0.15) is 12.6 Å². The zero-order valence-corrected chi connectivity index (χ0v) is 14.3. The fraction of sp³-hybridized carbons (Fsp3) is 0.462. The highest BCUT2D eigenvalue weighted by atomic mass is 32.2. The smallest absolute Gasteiger partial charge is 0.352 e. The molecular weight excluding hydrogens is 342 g/mol. The first-order valence-electron chi connectivity index (χ1n) is 6.75. The lowest BCUT2D eigenvalue weighted by atomic mass is 10.0. The highest BCUT2D eigenvalue weighted by molar-refractivity contribution is 8.02. The van der Waals surface area contributed by atoms with Gasteiger partial charge in [-0.2, -0.15) is 0 Å². The number of thiazole rings is 1. The number of nitrogens with two attached hydrogens (primary N) is 1. The van der Waals surface area contributed by atoms with Crippen LogP contribution < -0.4 is 5.73 Å². The SMILES string of the molecule is CCc1ncsc1SCC1=C(C(=O)O)N2C(=O)C(N)[C@@H]2SC1. The number of fused-ring (bicyclic) bond motifs is 1. The van der Waals surface area contributed by atoms with Crippen molar-refractivity contribution in [3.05, 3.63) is 22.5 Å². The van der Waals surface area contributed by atoms with Gasteiger partial charge in [-0.25, -0.2) is 9.78 Å². The largest absolute Gasteiger partial charge is 0.477 e. The zero-order valence-electron chi connectivity index (χ0n) is 11.8. The van der Waals surface area contributed by atoms with Gasteiger partial charge in [0.25, 0.3) is 0 Å². The first-order chi connectivity index (χ1) is 10.5. The molecule has 2 aliphatic heterocycles. The highest BCUT2D eigenvalue weighted by Gasteiger charge is 2.51. The van der Waals surface area contributed by atoms with E-state index in [0.29, 0.717) is 11.5 Å². The number of hydrogen-bond donors (Lipinski definition) is 2. The number of β-lactam (4-membered cyclic amide) rings is 1. The quantitative estimate of drug-likeness (QED) is 0.607. The molecule has 1 aromatic rings. The van der Waals surface area contributed by atoms with E-state index in [1.807, 2.05) is 6.92 Å². The van der Waals surface area contributed by atoms with Crippen molar-refractivity contribution < 1.29 is 14.7 Å². The van der Waals surface area contributed by atoms with Crippen LogP contribution in [0.15, 0.2) is 21.0 Å². The van der Waals surface area contributed by atoms with Crippen LogP contribution in [0.25, 0.3) is 0 Å². The first-order valence-corrected chi connectivity index (χ1v) is 9.66. The van der Waals surface area contributed by atoms with E-state index in [-0.39, 0.29) is 17.0 Å². The van der Waals surface area contributed by atoms with Crippen LogP contribution in [0.4, 0.5) is 0 Å². The van der Waals surface area contributed by atoms with E-state index in [1.165, 1.54) is 16.7 Å². The van der Waals surface area contributed by atoms with Crippen molar-refractivity contribution in [2.24, 2.45) is 5.73 Å². The minimum Gasteiger partial charge on any atom is -0.477 e. The van der Waals surface area contributed by atoms with E-state index >= 15 is 0 Å². The van der Waals surface area contributed by atoms with Crippen molar-refractivity contribution in [3.63, 3.8) is 0 Å². The molecule has 1 aromatic heterocycles. The predicted molar refractivity (Wildman–Crippen MR) is 87.9 cm³/mol. The number of thioether (sulfide) groups is 2. The Morgan fingerprint density at radius 1 is 1.64 bits per heavy atom. The highest BCUT2D eigenvalue weighted by Crippen LogP contribution is 2.41. The standard InChI is InChI=1S/C13H15N3O3S3/c1-2-7-13(22-5-15-7)21-4-6-3-20-11-8(14)10(17)16(11)9(6)12(18)19/h5,8,11H,2-4,14H2,1H3,(H,18,19)/t8?,11-/m0/s1. The third-order valence-electron chi connectivity index (χ3n) is 3.61. The topological polar surface area (TPSA) is 96.5 Å². The molecule has 3 heterocycles. The van der Waals surface area contributed by atoms with Crippen molar-refractivity contribution in [1.29, 1.82) is 0 Å². The lowest BCUT2D eigenvalue weighted by molar-refractivity contribution is -0.147. The average molecular weight is 357 g/mol. The second-order valence-electron chi connectivity index (χ2n) is 4.92. The molecule has 0 spiro atoms. The molecule has 1 unspecified atom stereocenters. The Morgan fingerprint density at radius 3 is 3.09 bits per heavy atom. The summed E-state index contributed by atoms with van der Waals surface area (Å²) in [4.78, 5) is 29.1. The molecule has 6 nitrogen and oxygen atoms in total. The second kappa shape index (κ2) is 6.23. The summed E-state index contributed by atoms with van der Waals surface area (Å²) < 4.78 is 1.11. The van der Waals surface area contributed by atoms with E-state index in [0.717, 1.165) is 21.9 Å². The summed E-state index contributed by atoms with van der Waals surface area (Å²) in [7, 11) is 0. The van der Waals surface area contributed by atoms with Gasteiger partial charge in [0.15, 0.2) is 0 Å². The number of nitrogens with zero attached hydrogens (tertiary/aromatic N) is 2. The number of carboxylic acids is 1. The van der Waals surface area contributed by atoms with Crippen molar-refractivity contribution in [1.82, 2.24) is 9.88 Å². The molecule has 2 atom stereocenters. The monoisotopic (exact) mass is 357 g/mol.